The summed E-state index contributed by atoms with van der Waals surface area (Å²) < 4.78 is 24.8. The first-order valence-corrected chi connectivity index (χ1v) is 13.2. The molecular weight excluding hydrogens is 463 g/mol. The van der Waals surface area contributed by atoms with Gasteiger partial charge in [-0.15, -0.1) is 10.2 Å². The molecule has 4 aromatic rings. The van der Waals surface area contributed by atoms with E-state index in [4.69, 9.17) is 9.15 Å². The zero-order valence-electron chi connectivity index (χ0n) is 21.4. The molecule has 0 unspecified atom stereocenters. The largest absolute Gasteiger partial charge is 0.494 e. The smallest absolute Gasteiger partial charge is 0.248 e. The Kier molecular flexibility index (Phi) is 9.89. The van der Waals surface area contributed by atoms with Crippen LogP contribution in [0.25, 0.3) is 22.9 Å². The van der Waals surface area contributed by atoms with Crippen LogP contribution in [0.1, 0.15) is 69.4 Å². The van der Waals surface area contributed by atoms with E-state index in [9.17, 15) is 4.39 Å². The van der Waals surface area contributed by atoms with Crippen molar-refractivity contribution in [1.82, 2.24) is 10.2 Å². The standard InChI is InChI=1S/C32H33FN2O2/c1-2-3-4-5-6-7-8-9-24-36-30-22-14-26(15-23-30)11-10-25-12-16-27(17-13-25)31-34-35-32(37-31)28-18-20-29(33)21-19-28/h12-23H,2-9,24H2,1H3. The predicted molar refractivity (Wildman–Crippen MR) is 146 cm³/mol. The van der Waals surface area contributed by atoms with Crippen LogP contribution >= 0.6 is 0 Å². The van der Waals surface area contributed by atoms with Crippen molar-refractivity contribution in [2.45, 2.75) is 58.3 Å². The number of ether oxygens (including phenoxy) is 1. The van der Waals surface area contributed by atoms with Gasteiger partial charge in [-0.3, -0.25) is 0 Å². The molecule has 0 amide bonds. The molecule has 0 spiro atoms. The lowest BCUT2D eigenvalue weighted by atomic mass is 10.1. The molecule has 190 valence electrons. The highest BCUT2D eigenvalue weighted by Gasteiger charge is 2.10. The molecule has 0 saturated carbocycles. The molecule has 1 heterocycles. The lowest BCUT2D eigenvalue weighted by Crippen LogP contribution is -1.97. The Bertz CT molecular complexity index is 1280. The van der Waals surface area contributed by atoms with Crippen LogP contribution in [0.3, 0.4) is 0 Å². The van der Waals surface area contributed by atoms with E-state index in [0.717, 1.165) is 35.5 Å². The normalized spacial score (nSPS) is 10.6. The maximum atomic E-state index is 13.1. The van der Waals surface area contributed by atoms with Gasteiger partial charge in [0.15, 0.2) is 0 Å². The number of aromatic nitrogens is 2. The first kappa shape index (κ1) is 26.2. The molecule has 4 nitrogen and oxygen atoms in total. The summed E-state index contributed by atoms with van der Waals surface area (Å²) >= 11 is 0. The van der Waals surface area contributed by atoms with Crippen LogP contribution in [0.5, 0.6) is 5.75 Å². The van der Waals surface area contributed by atoms with E-state index in [1.54, 1.807) is 12.1 Å². The maximum absolute atomic E-state index is 13.1. The topological polar surface area (TPSA) is 48.2 Å². The van der Waals surface area contributed by atoms with Crippen LogP contribution in [0, 0.1) is 17.7 Å². The Labute approximate surface area is 218 Å². The molecular formula is C32H33FN2O2. The van der Waals surface area contributed by atoms with Crippen molar-refractivity contribution < 1.29 is 13.5 Å². The van der Waals surface area contributed by atoms with Gasteiger partial charge >= 0.3 is 0 Å². The van der Waals surface area contributed by atoms with E-state index in [1.165, 1.54) is 57.1 Å². The summed E-state index contributed by atoms with van der Waals surface area (Å²) in [7, 11) is 0. The number of nitrogens with zero attached hydrogens (tertiary/aromatic N) is 2. The lowest BCUT2D eigenvalue weighted by molar-refractivity contribution is 0.304. The SMILES string of the molecule is CCCCCCCCCCOc1ccc(C#Cc2ccc(-c3nnc(-c4ccc(F)cc4)o3)cc2)cc1. The lowest BCUT2D eigenvalue weighted by Gasteiger charge is -2.06. The number of benzene rings is 3. The van der Waals surface area contributed by atoms with Crippen molar-refractivity contribution in [3.8, 4) is 40.5 Å². The van der Waals surface area contributed by atoms with Gasteiger partial charge in [-0.05, 0) is 79.2 Å². The highest BCUT2D eigenvalue weighted by atomic mass is 19.1. The fourth-order valence-electron chi connectivity index (χ4n) is 3.95. The Balaban J connectivity index is 1.23. The molecule has 37 heavy (non-hydrogen) atoms. The Hall–Kier alpha value is -3.91. The van der Waals surface area contributed by atoms with Gasteiger partial charge in [-0.1, -0.05) is 63.7 Å². The van der Waals surface area contributed by atoms with E-state index in [1.807, 2.05) is 48.5 Å². The predicted octanol–water partition coefficient (Wildman–Crippen LogP) is 8.46. The second-order valence-electron chi connectivity index (χ2n) is 9.09. The Morgan fingerprint density at radius 2 is 1.14 bits per heavy atom. The highest BCUT2D eigenvalue weighted by Crippen LogP contribution is 2.24. The minimum absolute atomic E-state index is 0.307. The average molecular weight is 497 g/mol. The number of rotatable bonds is 12. The van der Waals surface area contributed by atoms with Crippen molar-refractivity contribution in [3.05, 3.63) is 89.7 Å². The van der Waals surface area contributed by atoms with Crippen molar-refractivity contribution in [1.29, 1.82) is 0 Å². The van der Waals surface area contributed by atoms with Gasteiger partial charge in [-0.25, -0.2) is 4.39 Å². The molecule has 0 aliphatic carbocycles. The highest BCUT2D eigenvalue weighted by molar-refractivity contribution is 5.59. The van der Waals surface area contributed by atoms with Crippen LogP contribution in [-0.4, -0.2) is 16.8 Å². The molecule has 0 aliphatic heterocycles. The maximum Gasteiger partial charge on any atom is 0.248 e. The number of hydrogen-bond acceptors (Lipinski definition) is 4. The minimum Gasteiger partial charge on any atom is -0.494 e. The van der Waals surface area contributed by atoms with Gasteiger partial charge in [0.1, 0.15) is 11.6 Å². The van der Waals surface area contributed by atoms with Crippen LogP contribution in [0.15, 0.2) is 77.2 Å². The first-order valence-electron chi connectivity index (χ1n) is 13.2. The van der Waals surface area contributed by atoms with E-state index < -0.39 is 0 Å². The third-order valence-corrected chi connectivity index (χ3v) is 6.12. The number of hydrogen-bond donors (Lipinski definition) is 0. The van der Waals surface area contributed by atoms with Gasteiger partial charge in [0.05, 0.1) is 6.61 Å². The molecule has 0 radical (unpaired) electrons. The molecule has 0 saturated heterocycles. The number of halogens is 1. The molecule has 0 N–H and O–H groups in total. The zero-order chi connectivity index (χ0) is 25.7. The van der Waals surface area contributed by atoms with Crippen LogP contribution in [0.2, 0.25) is 0 Å². The third-order valence-electron chi connectivity index (χ3n) is 6.12. The monoisotopic (exact) mass is 496 g/mol. The molecule has 1 aromatic heterocycles. The summed E-state index contributed by atoms with van der Waals surface area (Å²) in [6.45, 7) is 3.01. The molecule has 5 heteroatoms. The van der Waals surface area contributed by atoms with E-state index in [2.05, 4.69) is 29.0 Å². The summed E-state index contributed by atoms with van der Waals surface area (Å²) in [5.41, 5.74) is 3.29. The quantitative estimate of drug-likeness (QED) is 0.146. The summed E-state index contributed by atoms with van der Waals surface area (Å²) in [5, 5.41) is 8.17. The Morgan fingerprint density at radius 3 is 1.70 bits per heavy atom. The summed E-state index contributed by atoms with van der Waals surface area (Å²) in [6.07, 6.45) is 10.4. The van der Waals surface area contributed by atoms with E-state index in [-0.39, 0.29) is 5.82 Å². The van der Waals surface area contributed by atoms with E-state index in [0.29, 0.717) is 17.3 Å². The molecule has 0 bridgehead atoms. The fraction of sp³-hybridized carbons (Fsp3) is 0.312. The summed E-state index contributed by atoms with van der Waals surface area (Å²) in [4.78, 5) is 0. The molecule has 4 rings (SSSR count). The zero-order valence-corrected chi connectivity index (χ0v) is 21.4. The molecule has 0 aliphatic rings. The second-order valence-corrected chi connectivity index (χ2v) is 9.09. The second kappa shape index (κ2) is 14.0. The van der Waals surface area contributed by atoms with Gasteiger partial charge < -0.3 is 9.15 Å². The van der Waals surface area contributed by atoms with Gasteiger partial charge in [0.2, 0.25) is 11.8 Å². The van der Waals surface area contributed by atoms with Gasteiger partial charge in [0.25, 0.3) is 0 Å². The molecule has 3 aromatic carbocycles. The molecule has 0 fully saturated rings. The van der Waals surface area contributed by atoms with Crippen LogP contribution < -0.4 is 4.74 Å². The number of unbranched alkanes of at least 4 members (excludes halogenated alkanes) is 7. The van der Waals surface area contributed by atoms with Crippen molar-refractivity contribution >= 4 is 0 Å². The van der Waals surface area contributed by atoms with Crippen LogP contribution in [-0.2, 0) is 0 Å². The van der Waals surface area contributed by atoms with Gasteiger partial charge in [-0.2, -0.15) is 0 Å². The van der Waals surface area contributed by atoms with Crippen molar-refractivity contribution in [3.63, 3.8) is 0 Å². The Morgan fingerprint density at radius 1 is 0.649 bits per heavy atom. The fourth-order valence-corrected chi connectivity index (χ4v) is 3.95. The summed E-state index contributed by atoms with van der Waals surface area (Å²) in [6, 6.07) is 21.5. The first-order chi connectivity index (χ1) is 18.2. The van der Waals surface area contributed by atoms with Crippen molar-refractivity contribution in [2.24, 2.45) is 0 Å². The summed E-state index contributed by atoms with van der Waals surface area (Å²) in [5.74, 6) is 7.72. The van der Waals surface area contributed by atoms with Crippen molar-refractivity contribution in [2.75, 3.05) is 6.61 Å². The van der Waals surface area contributed by atoms with Gasteiger partial charge in [0, 0.05) is 22.3 Å². The average Bonchev–Trinajstić information content (AvgIpc) is 3.43. The van der Waals surface area contributed by atoms with E-state index >= 15 is 0 Å². The minimum atomic E-state index is -0.307. The molecule has 0 atom stereocenters. The third kappa shape index (κ3) is 8.32. The van der Waals surface area contributed by atoms with Crippen LogP contribution in [0.4, 0.5) is 4.39 Å².